The highest BCUT2D eigenvalue weighted by molar-refractivity contribution is 7.89. The maximum Gasteiger partial charge on any atom is 0.244 e. The number of likely N-dealkylation sites (N-methyl/N-ethyl adjacent to an activating group) is 1. The molecule has 0 amide bonds. The molecule has 0 aliphatic heterocycles. The third kappa shape index (κ3) is 3.01. The molecule has 1 aromatic heterocycles. The van der Waals surface area contributed by atoms with Crippen molar-refractivity contribution in [1.82, 2.24) is 9.29 Å². The standard InChI is InChI=1S/C13H21N3O3S/c1-16(10-13(17)6-2-3-7-13)20(18,19)12-5-4-8-15-11(12)9-14/h4-5,8,17H,2-3,6-7,9-10,14H2,1H3. The Balaban J connectivity index is 2.25. The molecule has 0 aromatic carbocycles. The SMILES string of the molecule is CN(CC1(O)CCCC1)S(=O)(=O)c1cccnc1CN. The van der Waals surface area contributed by atoms with Crippen molar-refractivity contribution in [2.45, 2.75) is 42.7 Å². The van der Waals surface area contributed by atoms with Crippen molar-refractivity contribution < 1.29 is 13.5 Å². The van der Waals surface area contributed by atoms with Crippen LogP contribution in [0.1, 0.15) is 31.4 Å². The van der Waals surface area contributed by atoms with Crippen molar-refractivity contribution in [2.24, 2.45) is 5.73 Å². The van der Waals surface area contributed by atoms with Gasteiger partial charge in [-0.05, 0) is 25.0 Å². The van der Waals surface area contributed by atoms with Crippen molar-refractivity contribution in [3.05, 3.63) is 24.0 Å². The second-order valence-corrected chi connectivity index (χ2v) is 7.36. The van der Waals surface area contributed by atoms with E-state index in [1.165, 1.54) is 23.6 Å². The van der Waals surface area contributed by atoms with Gasteiger partial charge in [-0.15, -0.1) is 0 Å². The summed E-state index contributed by atoms with van der Waals surface area (Å²) in [5, 5.41) is 10.4. The lowest BCUT2D eigenvalue weighted by Crippen LogP contribution is -2.42. The Morgan fingerprint density at radius 3 is 2.70 bits per heavy atom. The van der Waals surface area contributed by atoms with Gasteiger partial charge < -0.3 is 10.8 Å². The minimum absolute atomic E-state index is 0.0630. The molecule has 0 unspecified atom stereocenters. The number of sulfonamides is 1. The molecule has 2 rings (SSSR count). The van der Waals surface area contributed by atoms with E-state index >= 15 is 0 Å². The van der Waals surface area contributed by atoms with Gasteiger partial charge in [-0.25, -0.2) is 8.42 Å². The fourth-order valence-electron chi connectivity index (χ4n) is 2.67. The van der Waals surface area contributed by atoms with Crippen molar-refractivity contribution in [2.75, 3.05) is 13.6 Å². The van der Waals surface area contributed by atoms with Crippen LogP contribution >= 0.6 is 0 Å². The van der Waals surface area contributed by atoms with Crippen molar-refractivity contribution >= 4 is 10.0 Å². The molecule has 1 fully saturated rings. The Morgan fingerprint density at radius 1 is 1.45 bits per heavy atom. The maximum absolute atomic E-state index is 12.6. The van der Waals surface area contributed by atoms with E-state index in [4.69, 9.17) is 5.73 Å². The molecule has 1 aromatic rings. The van der Waals surface area contributed by atoms with Gasteiger partial charge in [0.15, 0.2) is 0 Å². The normalized spacial score (nSPS) is 18.6. The van der Waals surface area contributed by atoms with Crippen LogP contribution in [0.2, 0.25) is 0 Å². The molecular weight excluding hydrogens is 278 g/mol. The lowest BCUT2D eigenvalue weighted by Gasteiger charge is -2.28. The summed E-state index contributed by atoms with van der Waals surface area (Å²) < 4.78 is 26.3. The summed E-state index contributed by atoms with van der Waals surface area (Å²) in [5.41, 5.74) is 4.98. The molecule has 3 N–H and O–H groups in total. The Bertz CT molecular complexity index is 568. The van der Waals surface area contributed by atoms with Crippen molar-refractivity contribution in [3.8, 4) is 0 Å². The quantitative estimate of drug-likeness (QED) is 0.823. The predicted molar refractivity (Wildman–Crippen MR) is 75.4 cm³/mol. The minimum atomic E-state index is -3.68. The Labute approximate surface area is 119 Å². The molecule has 0 bridgehead atoms. The zero-order chi connectivity index (χ0) is 14.8. The van der Waals surface area contributed by atoms with Crippen LogP contribution in [0.4, 0.5) is 0 Å². The van der Waals surface area contributed by atoms with E-state index in [1.807, 2.05) is 0 Å². The molecule has 1 aliphatic carbocycles. The van der Waals surface area contributed by atoms with Crippen LogP contribution in [-0.4, -0.2) is 42.0 Å². The number of aliphatic hydroxyl groups is 1. The smallest absolute Gasteiger partial charge is 0.244 e. The molecule has 1 heterocycles. The van der Waals surface area contributed by atoms with Gasteiger partial charge in [-0.3, -0.25) is 4.98 Å². The first-order valence-electron chi connectivity index (χ1n) is 6.72. The Morgan fingerprint density at radius 2 is 2.10 bits per heavy atom. The largest absolute Gasteiger partial charge is 0.389 e. The number of rotatable bonds is 5. The number of hydrogen-bond acceptors (Lipinski definition) is 5. The van der Waals surface area contributed by atoms with Gasteiger partial charge >= 0.3 is 0 Å². The first-order valence-corrected chi connectivity index (χ1v) is 8.16. The molecule has 1 saturated carbocycles. The highest BCUT2D eigenvalue weighted by Gasteiger charge is 2.36. The molecule has 7 heteroatoms. The molecule has 6 nitrogen and oxygen atoms in total. The van der Waals surface area contributed by atoms with Gasteiger partial charge in [0.1, 0.15) is 4.90 Å². The summed E-state index contributed by atoms with van der Waals surface area (Å²) in [7, 11) is -2.19. The second-order valence-electron chi connectivity index (χ2n) is 5.34. The summed E-state index contributed by atoms with van der Waals surface area (Å²) in [4.78, 5) is 4.12. The minimum Gasteiger partial charge on any atom is -0.389 e. The molecule has 0 spiro atoms. The fourth-order valence-corrected chi connectivity index (χ4v) is 4.10. The lowest BCUT2D eigenvalue weighted by molar-refractivity contribution is 0.0333. The van der Waals surface area contributed by atoms with Crippen LogP contribution in [0.3, 0.4) is 0 Å². The second kappa shape index (κ2) is 5.77. The monoisotopic (exact) mass is 299 g/mol. The zero-order valence-corrected chi connectivity index (χ0v) is 12.4. The van der Waals surface area contributed by atoms with Gasteiger partial charge in [-0.1, -0.05) is 12.8 Å². The molecule has 20 heavy (non-hydrogen) atoms. The highest BCUT2D eigenvalue weighted by atomic mass is 32.2. The number of nitrogens with zero attached hydrogens (tertiary/aromatic N) is 2. The van der Waals surface area contributed by atoms with Gasteiger partial charge in [-0.2, -0.15) is 4.31 Å². The topological polar surface area (TPSA) is 96.5 Å². The fraction of sp³-hybridized carbons (Fsp3) is 0.615. The number of aromatic nitrogens is 1. The van der Waals surface area contributed by atoms with E-state index in [1.54, 1.807) is 6.07 Å². The molecule has 0 saturated heterocycles. The van der Waals surface area contributed by atoms with E-state index in [-0.39, 0.29) is 18.0 Å². The predicted octanol–water partition coefficient (Wildman–Crippen LogP) is 0.466. The van der Waals surface area contributed by atoms with Crippen LogP contribution in [0.15, 0.2) is 23.2 Å². The summed E-state index contributed by atoms with van der Waals surface area (Å²) in [6.07, 6.45) is 4.68. The summed E-state index contributed by atoms with van der Waals surface area (Å²) >= 11 is 0. The third-order valence-corrected chi connectivity index (χ3v) is 5.66. The van der Waals surface area contributed by atoms with Crippen LogP contribution < -0.4 is 5.73 Å². The van der Waals surface area contributed by atoms with Crippen LogP contribution in [0.5, 0.6) is 0 Å². The van der Waals surface area contributed by atoms with Crippen LogP contribution in [-0.2, 0) is 16.6 Å². The maximum atomic E-state index is 12.6. The van der Waals surface area contributed by atoms with Gasteiger partial charge in [0.2, 0.25) is 10.0 Å². The zero-order valence-electron chi connectivity index (χ0n) is 11.6. The molecule has 112 valence electrons. The summed E-state index contributed by atoms with van der Waals surface area (Å²) in [6, 6.07) is 3.07. The van der Waals surface area contributed by atoms with Crippen LogP contribution in [0.25, 0.3) is 0 Å². The van der Waals surface area contributed by atoms with E-state index in [0.29, 0.717) is 18.5 Å². The number of pyridine rings is 1. The van der Waals surface area contributed by atoms with E-state index in [0.717, 1.165) is 12.8 Å². The molecule has 1 aliphatic rings. The number of hydrogen-bond donors (Lipinski definition) is 2. The molecule has 0 radical (unpaired) electrons. The van der Waals surface area contributed by atoms with Crippen molar-refractivity contribution in [3.63, 3.8) is 0 Å². The van der Waals surface area contributed by atoms with E-state index in [9.17, 15) is 13.5 Å². The average Bonchev–Trinajstić information content (AvgIpc) is 2.85. The van der Waals surface area contributed by atoms with Crippen molar-refractivity contribution in [1.29, 1.82) is 0 Å². The molecule has 0 atom stereocenters. The third-order valence-electron chi connectivity index (χ3n) is 3.78. The summed E-state index contributed by atoms with van der Waals surface area (Å²) in [5.74, 6) is 0. The van der Waals surface area contributed by atoms with E-state index in [2.05, 4.69) is 4.98 Å². The van der Waals surface area contributed by atoms with Gasteiger partial charge in [0.05, 0.1) is 11.3 Å². The first-order chi connectivity index (χ1) is 9.39. The lowest BCUT2D eigenvalue weighted by atomic mass is 10.0. The first kappa shape index (κ1) is 15.4. The Hall–Kier alpha value is -1.02. The molecular formula is C13H21N3O3S. The van der Waals surface area contributed by atoms with E-state index < -0.39 is 15.6 Å². The summed E-state index contributed by atoms with van der Waals surface area (Å²) in [6.45, 7) is 0.168. The number of nitrogens with two attached hydrogens (primary N) is 1. The van der Waals surface area contributed by atoms with Gasteiger partial charge in [0.25, 0.3) is 0 Å². The highest BCUT2D eigenvalue weighted by Crippen LogP contribution is 2.31. The van der Waals surface area contributed by atoms with Gasteiger partial charge in [0, 0.05) is 26.3 Å². The van der Waals surface area contributed by atoms with Crippen LogP contribution in [0, 0.1) is 0 Å². The average molecular weight is 299 g/mol. The Kier molecular flexibility index (Phi) is 4.43.